The highest BCUT2D eigenvalue weighted by Gasteiger charge is 2.29. The van der Waals surface area contributed by atoms with Crippen LogP contribution in [0.25, 0.3) is 5.57 Å². The number of nitrogens with zero attached hydrogens (tertiary/aromatic N) is 1. The Hall–Kier alpha value is -1.58. The van der Waals surface area contributed by atoms with Crippen molar-refractivity contribution in [2.24, 2.45) is 5.73 Å². The minimum Gasteiger partial charge on any atom is -0.398 e. The molecule has 0 saturated heterocycles. The van der Waals surface area contributed by atoms with Crippen LogP contribution in [0.4, 0.5) is 13.2 Å². The third kappa shape index (κ3) is 4.69. The first-order valence-electron chi connectivity index (χ1n) is 6.30. The SMILES string of the molecule is C=C(/C(N)=C\C=C(/C)C(F)(F)F)c1ccc(S(=O)(=O)N(C)C)s1. The Balaban J connectivity index is 3.06. The van der Waals surface area contributed by atoms with E-state index in [9.17, 15) is 21.6 Å². The molecule has 0 aromatic carbocycles. The molecule has 9 heteroatoms. The van der Waals surface area contributed by atoms with Crippen LogP contribution in [0.15, 0.2) is 46.3 Å². The average molecular weight is 366 g/mol. The Morgan fingerprint density at radius 3 is 2.35 bits per heavy atom. The zero-order chi connectivity index (χ0) is 18.0. The topological polar surface area (TPSA) is 63.4 Å². The highest BCUT2D eigenvalue weighted by Crippen LogP contribution is 2.30. The molecule has 1 aromatic rings. The fourth-order valence-electron chi connectivity index (χ4n) is 1.35. The van der Waals surface area contributed by atoms with Crippen LogP contribution in [0.2, 0.25) is 0 Å². The largest absolute Gasteiger partial charge is 0.412 e. The summed E-state index contributed by atoms with van der Waals surface area (Å²) >= 11 is 0.951. The van der Waals surface area contributed by atoms with E-state index in [1.165, 1.54) is 26.2 Å². The summed E-state index contributed by atoms with van der Waals surface area (Å²) in [4.78, 5) is 0.470. The second-order valence-corrected chi connectivity index (χ2v) is 8.32. The summed E-state index contributed by atoms with van der Waals surface area (Å²) in [5.41, 5.74) is 5.22. The maximum atomic E-state index is 12.4. The minimum atomic E-state index is -4.42. The zero-order valence-corrected chi connectivity index (χ0v) is 14.4. The van der Waals surface area contributed by atoms with Crippen molar-refractivity contribution < 1.29 is 21.6 Å². The molecule has 0 amide bonds. The molecule has 0 saturated carbocycles. The standard InChI is InChI=1S/C14H17F3N2O2S2/c1-9(14(15,16)17)5-6-11(18)10(2)12-7-8-13(22-12)23(20,21)19(3)4/h5-8H,2,18H2,1,3-4H3/b9-5+,11-6+. The number of allylic oxidation sites excluding steroid dienone is 4. The summed E-state index contributed by atoms with van der Waals surface area (Å²) in [6, 6.07) is 2.93. The van der Waals surface area contributed by atoms with Gasteiger partial charge in [0.25, 0.3) is 10.0 Å². The Kier molecular flexibility index (Phi) is 5.84. The molecule has 128 valence electrons. The fraction of sp³-hybridized carbons (Fsp3) is 0.286. The van der Waals surface area contributed by atoms with Crippen molar-refractivity contribution in [2.75, 3.05) is 14.1 Å². The van der Waals surface area contributed by atoms with E-state index in [0.29, 0.717) is 4.88 Å². The Morgan fingerprint density at radius 1 is 1.30 bits per heavy atom. The molecule has 1 heterocycles. The van der Waals surface area contributed by atoms with Gasteiger partial charge in [0.1, 0.15) is 4.21 Å². The molecule has 23 heavy (non-hydrogen) atoms. The average Bonchev–Trinajstić information content (AvgIpc) is 2.92. The lowest BCUT2D eigenvalue weighted by atomic mass is 10.1. The highest BCUT2D eigenvalue weighted by atomic mass is 32.2. The van der Waals surface area contributed by atoms with Crippen molar-refractivity contribution >= 4 is 26.9 Å². The van der Waals surface area contributed by atoms with Crippen molar-refractivity contribution in [3.8, 4) is 0 Å². The van der Waals surface area contributed by atoms with Crippen LogP contribution in [0.1, 0.15) is 11.8 Å². The van der Waals surface area contributed by atoms with Gasteiger partial charge in [-0.2, -0.15) is 13.2 Å². The minimum absolute atomic E-state index is 0.0317. The van der Waals surface area contributed by atoms with Gasteiger partial charge < -0.3 is 5.73 Å². The predicted molar refractivity (Wildman–Crippen MR) is 86.3 cm³/mol. The number of hydrogen-bond donors (Lipinski definition) is 1. The zero-order valence-electron chi connectivity index (χ0n) is 12.8. The molecule has 0 atom stereocenters. The van der Waals surface area contributed by atoms with Gasteiger partial charge in [-0.3, -0.25) is 0 Å². The molecule has 0 aliphatic heterocycles. The summed E-state index contributed by atoms with van der Waals surface area (Å²) < 4.78 is 62.4. The van der Waals surface area contributed by atoms with Crippen molar-refractivity contribution in [1.29, 1.82) is 0 Å². The number of hydrogen-bond acceptors (Lipinski definition) is 4. The molecule has 0 bridgehead atoms. The normalized spacial score (nSPS) is 14.4. The molecule has 1 aromatic heterocycles. The van der Waals surface area contributed by atoms with Gasteiger partial charge in [0, 0.05) is 35.8 Å². The van der Waals surface area contributed by atoms with E-state index in [2.05, 4.69) is 6.58 Å². The molecular weight excluding hydrogens is 349 g/mol. The molecule has 0 radical (unpaired) electrons. The summed E-state index contributed by atoms with van der Waals surface area (Å²) in [5.74, 6) is 0. The molecule has 4 nitrogen and oxygen atoms in total. The molecule has 2 N–H and O–H groups in total. The van der Waals surface area contributed by atoms with E-state index in [1.807, 2.05) is 0 Å². The Morgan fingerprint density at radius 2 is 1.87 bits per heavy atom. The predicted octanol–water partition coefficient (Wildman–Crippen LogP) is 3.36. The highest BCUT2D eigenvalue weighted by molar-refractivity contribution is 7.91. The first-order valence-corrected chi connectivity index (χ1v) is 8.56. The number of halogens is 3. The van der Waals surface area contributed by atoms with Gasteiger partial charge in [0.2, 0.25) is 0 Å². The second-order valence-electron chi connectivity index (χ2n) is 4.85. The second kappa shape index (κ2) is 6.90. The van der Waals surface area contributed by atoms with Gasteiger partial charge >= 0.3 is 6.18 Å². The third-order valence-electron chi connectivity index (χ3n) is 2.92. The van der Waals surface area contributed by atoms with E-state index in [0.717, 1.165) is 34.7 Å². The van der Waals surface area contributed by atoms with Crippen LogP contribution in [0.3, 0.4) is 0 Å². The number of rotatable bonds is 5. The van der Waals surface area contributed by atoms with Crippen LogP contribution < -0.4 is 5.73 Å². The summed E-state index contributed by atoms with van der Waals surface area (Å²) in [7, 11) is -0.760. The van der Waals surface area contributed by atoms with Crippen molar-refractivity contribution in [1.82, 2.24) is 4.31 Å². The van der Waals surface area contributed by atoms with Crippen LogP contribution >= 0.6 is 11.3 Å². The van der Waals surface area contributed by atoms with Gasteiger partial charge in [-0.1, -0.05) is 12.7 Å². The van der Waals surface area contributed by atoms with Gasteiger partial charge in [-0.25, -0.2) is 12.7 Å². The van der Waals surface area contributed by atoms with Gasteiger partial charge in [0.05, 0.1) is 0 Å². The molecule has 0 aliphatic rings. The lowest BCUT2D eigenvalue weighted by Crippen LogP contribution is -2.21. The molecular formula is C14H17F3N2O2S2. The Labute approximate surface area is 137 Å². The van der Waals surface area contributed by atoms with Crippen molar-refractivity contribution in [3.63, 3.8) is 0 Å². The van der Waals surface area contributed by atoms with E-state index in [-0.39, 0.29) is 15.5 Å². The lowest BCUT2D eigenvalue weighted by Gasteiger charge is -2.08. The van der Waals surface area contributed by atoms with Crippen LogP contribution in [-0.2, 0) is 10.0 Å². The molecule has 0 spiro atoms. The maximum absolute atomic E-state index is 12.4. The van der Waals surface area contributed by atoms with Crippen LogP contribution in [0.5, 0.6) is 0 Å². The van der Waals surface area contributed by atoms with E-state index in [4.69, 9.17) is 5.73 Å². The summed E-state index contributed by atoms with van der Waals surface area (Å²) in [6.07, 6.45) is -2.47. The van der Waals surface area contributed by atoms with Crippen molar-refractivity contribution in [3.05, 3.63) is 47.0 Å². The monoisotopic (exact) mass is 366 g/mol. The van der Waals surface area contributed by atoms with E-state index < -0.39 is 21.8 Å². The number of thiophene rings is 1. The van der Waals surface area contributed by atoms with Crippen LogP contribution in [0, 0.1) is 0 Å². The molecule has 0 aliphatic carbocycles. The summed E-state index contributed by atoms with van der Waals surface area (Å²) in [6.45, 7) is 4.63. The number of alkyl halides is 3. The van der Waals surface area contributed by atoms with Crippen LogP contribution in [-0.4, -0.2) is 33.0 Å². The smallest absolute Gasteiger partial charge is 0.398 e. The Bertz CT molecular complexity index is 757. The van der Waals surface area contributed by atoms with E-state index in [1.54, 1.807) is 0 Å². The first-order chi connectivity index (χ1) is 10.4. The first kappa shape index (κ1) is 19.5. The number of nitrogens with two attached hydrogens (primary N) is 1. The molecule has 0 unspecified atom stereocenters. The van der Waals surface area contributed by atoms with Gasteiger partial charge in [0.15, 0.2) is 0 Å². The fourth-order valence-corrected chi connectivity index (χ4v) is 3.82. The number of sulfonamides is 1. The summed E-state index contributed by atoms with van der Waals surface area (Å²) in [5, 5.41) is 0. The van der Waals surface area contributed by atoms with Gasteiger partial charge in [-0.05, 0) is 25.1 Å². The third-order valence-corrected chi connectivity index (χ3v) is 6.35. The maximum Gasteiger partial charge on any atom is 0.412 e. The van der Waals surface area contributed by atoms with Gasteiger partial charge in [-0.15, -0.1) is 11.3 Å². The van der Waals surface area contributed by atoms with E-state index >= 15 is 0 Å². The molecule has 1 rings (SSSR count). The van der Waals surface area contributed by atoms with Crippen molar-refractivity contribution in [2.45, 2.75) is 17.3 Å². The molecule has 0 fully saturated rings. The lowest BCUT2D eigenvalue weighted by molar-refractivity contribution is -0.0913. The quantitative estimate of drug-likeness (QED) is 0.813.